The Morgan fingerprint density at radius 2 is 2.04 bits per heavy atom. The second kappa shape index (κ2) is 6.16. The average Bonchev–Trinajstić information content (AvgIpc) is 2.99. The predicted octanol–water partition coefficient (Wildman–Crippen LogP) is 2.50. The molecular weight excluding hydrogens is 326 g/mol. The highest BCUT2D eigenvalue weighted by molar-refractivity contribution is 7.98. The first-order valence-corrected chi connectivity index (χ1v) is 9.51. The predicted molar refractivity (Wildman–Crippen MR) is 96.5 cm³/mol. The zero-order valence-electron chi connectivity index (χ0n) is 12.5. The molecule has 1 unspecified atom stereocenters. The maximum Gasteiger partial charge on any atom is 0.161 e. The lowest BCUT2D eigenvalue weighted by atomic mass is 10.0. The molecule has 7 heteroatoms. The van der Waals surface area contributed by atoms with Gasteiger partial charge < -0.3 is 11.5 Å². The van der Waals surface area contributed by atoms with Gasteiger partial charge in [-0.25, -0.2) is 9.97 Å². The molecule has 3 aromatic heterocycles. The molecule has 1 atom stereocenters. The summed E-state index contributed by atoms with van der Waals surface area (Å²) in [6, 6.07) is 3.57. The molecule has 118 valence electrons. The Bertz CT molecular complexity index is 847. The van der Waals surface area contributed by atoms with Crippen LogP contribution in [0.25, 0.3) is 21.6 Å². The Hall–Kier alpha value is -1.54. The number of thioether (sulfide) groups is 1. The molecule has 0 saturated heterocycles. The van der Waals surface area contributed by atoms with Crippen LogP contribution in [0, 0.1) is 0 Å². The van der Waals surface area contributed by atoms with Crippen LogP contribution in [0.1, 0.15) is 22.2 Å². The lowest BCUT2D eigenvalue weighted by molar-refractivity contribution is 0.717. The van der Waals surface area contributed by atoms with E-state index in [9.17, 15) is 0 Å². The number of hydrogen-bond acceptors (Lipinski definition) is 7. The summed E-state index contributed by atoms with van der Waals surface area (Å²) in [6.07, 6.45) is 4.56. The number of nitrogens with zero attached hydrogens (tertiary/aromatic N) is 3. The Kier molecular flexibility index (Phi) is 4.02. The Labute approximate surface area is 142 Å². The summed E-state index contributed by atoms with van der Waals surface area (Å²) < 4.78 is 0. The molecule has 23 heavy (non-hydrogen) atoms. The van der Waals surface area contributed by atoms with Gasteiger partial charge in [0.05, 0.1) is 11.7 Å². The van der Waals surface area contributed by atoms with Gasteiger partial charge in [-0.15, -0.1) is 11.3 Å². The largest absolute Gasteiger partial charge is 0.329 e. The molecular formula is C16H17N5S2. The maximum absolute atomic E-state index is 6.27. The van der Waals surface area contributed by atoms with Gasteiger partial charge in [0.25, 0.3) is 0 Å². The van der Waals surface area contributed by atoms with Crippen molar-refractivity contribution in [2.75, 3.05) is 12.3 Å². The molecule has 4 rings (SSSR count). The van der Waals surface area contributed by atoms with Crippen molar-refractivity contribution < 1.29 is 0 Å². The fourth-order valence-corrected chi connectivity index (χ4v) is 5.22. The van der Waals surface area contributed by atoms with Crippen LogP contribution in [0.2, 0.25) is 0 Å². The zero-order chi connectivity index (χ0) is 15.8. The second-order valence-electron chi connectivity index (χ2n) is 5.50. The highest BCUT2D eigenvalue weighted by Gasteiger charge is 2.23. The average molecular weight is 343 g/mol. The Morgan fingerprint density at radius 3 is 2.83 bits per heavy atom. The van der Waals surface area contributed by atoms with Gasteiger partial charge in [-0.2, -0.15) is 11.8 Å². The number of rotatable bonds is 3. The van der Waals surface area contributed by atoms with Crippen molar-refractivity contribution >= 4 is 33.3 Å². The lowest BCUT2D eigenvalue weighted by Crippen LogP contribution is -2.23. The van der Waals surface area contributed by atoms with Crippen LogP contribution in [0.4, 0.5) is 0 Å². The Balaban J connectivity index is 1.98. The molecule has 4 N–H and O–H groups in total. The molecule has 0 bridgehead atoms. The van der Waals surface area contributed by atoms with Gasteiger partial charge in [0.15, 0.2) is 5.82 Å². The summed E-state index contributed by atoms with van der Waals surface area (Å²) in [5.41, 5.74) is 15.3. The van der Waals surface area contributed by atoms with E-state index >= 15 is 0 Å². The quantitative estimate of drug-likeness (QED) is 0.759. The second-order valence-corrected chi connectivity index (χ2v) is 7.69. The molecule has 0 aliphatic carbocycles. The molecule has 4 heterocycles. The van der Waals surface area contributed by atoms with Crippen molar-refractivity contribution in [1.82, 2.24) is 15.0 Å². The molecule has 1 aliphatic heterocycles. The minimum Gasteiger partial charge on any atom is -0.329 e. The van der Waals surface area contributed by atoms with E-state index in [0.717, 1.165) is 39.4 Å². The number of pyridine rings is 1. The summed E-state index contributed by atoms with van der Waals surface area (Å²) in [5.74, 6) is 2.89. The molecule has 0 amide bonds. The van der Waals surface area contributed by atoms with E-state index in [-0.39, 0.29) is 6.04 Å². The summed E-state index contributed by atoms with van der Waals surface area (Å²) >= 11 is 3.74. The van der Waals surface area contributed by atoms with E-state index in [0.29, 0.717) is 12.4 Å². The third kappa shape index (κ3) is 2.63. The van der Waals surface area contributed by atoms with Gasteiger partial charge >= 0.3 is 0 Å². The number of aromatic nitrogens is 3. The smallest absolute Gasteiger partial charge is 0.161 e. The zero-order valence-corrected chi connectivity index (χ0v) is 14.2. The molecule has 0 radical (unpaired) electrons. The normalized spacial score (nSPS) is 15.6. The van der Waals surface area contributed by atoms with E-state index in [4.69, 9.17) is 21.4 Å². The van der Waals surface area contributed by atoms with Crippen LogP contribution in [-0.2, 0) is 12.2 Å². The third-order valence-electron chi connectivity index (χ3n) is 4.04. The molecule has 0 saturated carbocycles. The highest BCUT2D eigenvalue weighted by Crippen LogP contribution is 2.40. The first-order valence-electron chi connectivity index (χ1n) is 7.54. The number of hydrogen-bond donors (Lipinski definition) is 2. The van der Waals surface area contributed by atoms with Crippen LogP contribution in [0.3, 0.4) is 0 Å². The van der Waals surface area contributed by atoms with Crippen LogP contribution in [0.5, 0.6) is 0 Å². The van der Waals surface area contributed by atoms with Gasteiger partial charge in [0, 0.05) is 40.5 Å². The first kappa shape index (κ1) is 15.0. The SMILES string of the molecule is NCC(N)c1nc(-c2ccncc2)nc2sc3c(c12)CCSC3. The van der Waals surface area contributed by atoms with Gasteiger partial charge in [0.2, 0.25) is 0 Å². The van der Waals surface area contributed by atoms with Crippen LogP contribution in [-0.4, -0.2) is 27.2 Å². The van der Waals surface area contributed by atoms with Crippen LogP contribution in [0.15, 0.2) is 24.5 Å². The van der Waals surface area contributed by atoms with Gasteiger partial charge in [-0.3, -0.25) is 4.98 Å². The van der Waals surface area contributed by atoms with Crippen LogP contribution < -0.4 is 11.5 Å². The molecule has 1 aliphatic rings. The van der Waals surface area contributed by atoms with E-state index in [1.54, 1.807) is 23.7 Å². The van der Waals surface area contributed by atoms with Crippen LogP contribution >= 0.6 is 23.1 Å². The van der Waals surface area contributed by atoms with Gasteiger partial charge in [-0.05, 0) is 29.9 Å². The molecule has 0 spiro atoms. The van der Waals surface area contributed by atoms with Crippen molar-refractivity contribution in [2.45, 2.75) is 18.2 Å². The standard InChI is InChI=1S/C16H17N5S2/c17-7-11(18)14-13-10-3-6-22-8-12(10)23-16(13)21-15(20-14)9-1-4-19-5-2-9/h1-2,4-5,11H,3,6-8,17-18H2. The maximum atomic E-state index is 6.27. The number of nitrogens with two attached hydrogens (primary N) is 2. The summed E-state index contributed by atoms with van der Waals surface area (Å²) in [4.78, 5) is 16.1. The summed E-state index contributed by atoms with van der Waals surface area (Å²) in [5, 5.41) is 1.14. The van der Waals surface area contributed by atoms with Crippen molar-refractivity contribution in [3.8, 4) is 11.4 Å². The molecule has 0 aromatic carbocycles. The van der Waals surface area contributed by atoms with E-state index in [1.165, 1.54) is 10.4 Å². The number of thiophene rings is 1. The fourth-order valence-electron chi connectivity index (χ4n) is 2.86. The van der Waals surface area contributed by atoms with Crippen molar-refractivity contribution in [3.63, 3.8) is 0 Å². The minimum absolute atomic E-state index is 0.269. The van der Waals surface area contributed by atoms with Crippen molar-refractivity contribution in [2.24, 2.45) is 11.5 Å². The van der Waals surface area contributed by atoms with Crippen molar-refractivity contribution in [3.05, 3.63) is 40.7 Å². The van der Waals surface area contributed by atoms with Gasteiger partial charge in [-0.1, -0.05) is 0 Å². The minimum atomic E-state index is -0.269. The first-order chi connectivity index (χ1) is 11.3. The number of aryl methyl sites for hydroxylation is 1. The van der Waals surface area contributed by atoms with E-state index in [2.05, 4.69) is 4.98 Å². The molecule has 0 fully saturated rings. The Morgan fingerprint density at radius 1 is 1.22 bits per heavy atom. The van der Waals surface area contributed by atoms with E-state index < -0.39 is 0 Å². The molecule has 5 nitrogen and oxygen atoms in total. The van der Waals surface area contributed by atoms with Gasteiger partial charge in [0.1, 0.15) is 4.83 Å². The monoisotopic (exact) mass is 343 g/mol. The van der Waals surface area contributed by atoms with E-state index in [1.807, 2.05) is 23.9 Å². The topological polar surface area (TPSA) is 90.7 Å². The van der Waals surface area contributed by atoms with Crippen molar-refractivity contribution in [1.29, 1.82) is 0 Å². The summed E-state index contributed by atoms with van der Waals surface area (Å²) in [6.45, 7) is 0.376. The number of fused-ring (bicyclic) bond motifs is 3. The fraction of sp³-hybridized carbons (Fsp3) is 0.312. The molecule has 3 aromatic rings. The third-order valence-corrected chi connectivity index (χ3v) is 6.33. The highest BCUT2D eigenvalue weighted by atomic mass is 32.2. The lowest BCUT2D eigenvalue weighted by Gasteiger charge is -2.15. The summed E-state index contributed by atoms with van der Waals surface area (Å²) in [7, 11) is 0.